The van der Waals surface area contributed by atoms with Gasteiger partial charge in [0.2, 0.25) is 5.91 Å². The number of thiazole rings is 1. The van der Waals surface area contributed by atoms with Crippen molar-refractivity contribution in [3.63, 3.8) is 0 Å². The van der Waals surface area contributed by atoms with Crippen molar-refractivity contribution in [2.75, 3.05) is 20.1 Å². The van der Waals surface area contributed by atoms with E-state index in [-0.39, 0.29) is 5.91 Å². The van der Waals surface area contributed by atoms with Crippen molar-refractivity contribution >= 4 is 23.2 Å². The predicted octanol–water partition coefficient (Wildman–Crippen LogP) is 2.32. The Labute approximate surface area is 154 Å². The number of hydrogen-bond donors (Lipinski definition) is 3. The summed E-state index contributed by atoms with van der Waals surface area (Å²) >= 11 is 0.988. The van der Waals surface area contributed by atoms with Gasteiger partial charge in [0.05, 0.1) is 5.01 Å². The molecule has 10 heteroatoms. The van der Waals surface area contributed by atoms with E-state index in [0.717, 1.165) is 29.6 Å². The molecule has 1 saturated carbocycles. The van der Waals surface area contributed by atoms with E-state index in [2.05, 4.69) is 25.9 Å². The molecule has 26 heavy (non-hydrogen) atoms. The second-order valence-electron chi connectivity index (χ2n) is 6.10. The molecule has 0 aliphatic heterocycles. The van der Waals surface area contributed by atoms with Gasteiger partial charge >= 0.3 is 6.18 Å². The topological polar surface area (TPSA) is 78.4 Å². The molecular formula is C16H24F3N5OS. The molecule has 6 nitrogen and oxygen atoms in total. The van der Waals surface area contributed by atoms with E-state index >= 15 is 0 Å². The number of aromatic nitrogens is 1. The van der Waals surface area contributed by atoms with Crippen LogP contribution in [0.3, 0.4) is 0 Å². The Bertz CT molecular complexity index is 611. The smallest absolute Gasteiger partial charge is 0.356 e. The van der Waals surface area contributed by atoms with Gasteiger partial charge in [-0.25, -0.2) is 4.98 Å². The summed E-state index contributed by atoms with van der Waals surface area (Å²) in [4.78, 5) is 19.4. The minimum absolute atomic E-state index is 0.0160. The maximum absolute atomic E-state index is 12.5. The van der Waals surface area contributed by atoms with Crippen LogP contribution in [-0.2, 0) is 17.4 Å². The number of hydrogen-bond acceptors (Lipinski definition) is 4. The number of nitrogens with zero attached hydrogens (tertiary/aromatic N) is 2. The summed E-state index contributed by atoms with van der Waals surface area (Å²) < 4.78 is 37.5. The van der Waals surface area contributed by atoms with Crippen molar-refractivity contribution in [3.05, 3.63) is 16.1 Å². The highest BCUT2D eigenvalue weighted by Crippen LogP contribution is 2.29. The monoisotopic (exact) mass is 391 g/mol. The SMILES string of the molecule is CN=C(NCCC(=O)NC1CCCC1)NCCc1nc(C(F)(F)F)cs1. The van der Waals surface area contributed by atoms with Crippen molar-refractivity contribution in [2.45, 2.75) is 50.7 Å². The third kappa shape index (κ3) is 6.81. The molecule has 1 heterocycles. The first-order chi connectivity index (χ1) is 12.4. The average Bonchev–Trinajstić information content (AvgIpc) is 3.24. The third-order valence-corrected chi connectivity index (χ3v) is 4.97. The number of nitrogens with one attached hydrogen (secondary N) is 3. The van der Waals surface area contributed by atoms with E-state index in [9.17, 15) is 18.0 Å². The number of rotatable bonds is 7. The summed E-state index contributed by atoms with van der Waals surface area (Å²) in [5, 5.41) is 10.5. The molecule has 1 fully saturated rings. The first kappa shape index (κ1) is 20.5. The zero-order valence-corrected chi connectivity index (χ0v) is 15.5. The number of aliphatic imine (C=N–C) groups is 1. The lowest BCUT2D eigenvalue weighted by Crippen LogP contribution is -2.41. The minimum Gasteiger partial charge on any atom is -0.356 e. The lowest BCUT2D eigenvalue weighted by atomic mass is 10.2. The fraction of sp³-hybridized carbons (Fsp3) is 0.688. The van der Waals surface area contributed by atoms with Crippen LogP contribution in [0.15, 0.2) is 10.4 Å². The Morgan fingerprint density at radius 3 is 2.62 bits per heavy atom. The van der Waals surface area contributed by atoms with Crippen molar-refractivity contribution < 1.29 is 18.0 Å². The van der Waals surface area contributed by atoms with Gasteiger partial charge in [-0.05, 0) is 12.8 Å². The van der Waals surface area contributed by atoms with Gasteiger partial charge in [0, 0.05) is 44.4 Å². The van der Waals surface area contributed by atoms with Crippen molar-refractivity contribution in [1.82, 2.24) is 20.9 Å². The van der Waals surface area contributed by atoms with Crippen LogP contribution in [-0.4, -0.2) is 43.0 Å². The number of halogens is 3. The van der Waals surface area contributed by atoms with E-state index in [1.165, 1.54) is 12.8 Å². The molecule has 0 aromatic carbocycles. The van der Waals surface area contributed by atoms with Crippen LogP contribution >= 0.6 is 11.3 Å². The van der Waals surface area contributed by atoms with Crippen LogP contribution in [0.25, 0.3) is 0 Å². The summed E-state index contributed by atoms with van der Waals surface area (Å²) in [6.45, 7) is 0.840. The third-order valence-electron chi connectivity index (χ3n) is 4.06. The lowest BCUT2D eigenvalue weighted by Gasteiger charge is -2.13. The van der Waals surface area contributed by atoms with Gasteiger partial charge in [-0.2, -0.15) is 13.2 Å². The van der Waals surface area contributed by atoms with Gasteiger partial charge in [0.25, 0.3) is 0 Å². The molecule has 0 radical (unpaired) electrons. The summed E-state index contributed by atoms with van der Waals surface area (Å²) in [5.41, 5.74) is -0.853. The molecule has 1 aliphatic carbocycles. The van der Waals surface area contributed by atoms with Crippen LogP contribution in [0.1, 0.15) is 42.8 Å². The Morgan fingerprint density at radius 1 is 1.31 bits per heavy atom. The second-order valence-corrected chi connectivity index (χ2v) is 7.04. The number of carbonyl (C=O) groups excluding carboxylic acids is 1. The zero-order chi connectivity index (χ0) is 19.0. The minimum atomic E-state index is -4.40. The molecule has 1 aromatic heterocycles. The highest BCUT2D eigenvalue weighted by molar-refractivity contribution is 7.09. The van der Waals surface area contributed by atoms with Gasteiger partial charge in [-0.3, -0.25) is 9.79 Å². The standard InChI is InChI=1S/C16H24F3N5OS/c1-20-15(21-8-6-13(25)23-11-4-2-3-5-11)22-9-7-14-24-12(10-26-14)16(17,18)19/h10-11H,2-9H2,1H3,(H,23,25)(H2,20,21,22). The van der Waals surface area contributed by atoms with E-state index in [1.54, 1.807) is 7.05 Å². The van der Waals surface area contributed by atoms with E-state index in [0.29, 0.717) is 42.9 Å². The van der Waals surface area contributed by atoms with E-state index in [4.69, 9.17) is 0 Å². The molecule has 0 saturated heterocycles. The fourth-order valence-corrected chi connectivity index (χ4v) is 3.53. The number of carbonyl (C=O) groups is 1. The van der Waals surface area contributed by atoms with Gasteiger partial charge in [-0.15, -0.1) is 11.3 Å². The molecule has 2 rings (SSSR count). The molecule has 1 aliphatic rings. The maximum atomic E-state index is 12.5. The molecule has 0 unspecified atom stereocenters. The highest BCUT2D eigenvalue weighted by atomic mass is 32.1. The predicted molar refractivity (Wildman–Crippen MR) is 95.2 cm³/mol. The quantitative estimate of drug-likeness (QED) is 0.492. The van der Waals surface area contributed by atoms with Crippen LogP contribution in [0.4, 0.5) is 13.2 Å². The fourth-order valence-electron chi connectivity index (χ4n) is 2.73. The molecule has 1 amide bonds. The van der Waals surface area contributed by atoms with Crippen LogP contribution in [0.5, 0.6) is 0 Å². The Kier molecular flexibility index (Phi) is 7.67. The van der Waals surface area contributed by atoms with E-state index in [1.807, 2.05) is 0 Å². The van der Waals surface area contributed by atoms with Crippen LogP contribution in [0, 0.1) is 0 Å². The molecule has 0 atom stereocenters. The van der Waals surface area contributed by atoms with Crippen molar-refractivity contribution in [3.8, 4) is 0 Å². The van der Waals surface area contributed by atoms with Gasteiger partial charge in [0.1, 0.15) is 0 Å². The van der Waals surface area contributed by atoms with Crippen molar-refractivity contribution in [2.24, 2.45) is 4.99 Å². The normalized spacial score (nSPS) is 15.9. The zero-order valence-electron chi connectivity index (χ0n) is 14.7. The van der Waals surface area contributed by atoms with E-state index < -0.39 is 11.9 Å². The molecule has 1 aromatic rings. The Hall–Kier alpha value is -1.84. The lowest BCUT2D eigenvalue weighted by molar-refractivity contribution is -0.140. The average molecular weight is 391 g/mol. The number of guanidine groups is 1. The molecule has 3 N–H and O–H groups in total. The summed E-state index contributed by atoms with van der Waals surface area (Å²) in [6, 6.07) is 0.305. The van der Waals surface area contributed by atoms with Gasteiger partial charge < -0.3 is 16.0 Å². The van der Waals surface area contributed by atoms with Gasteiger partial charge in [-0.1, -0.05) is 12.8 Å². The molecular weight excluding hydrogens is 367 g/mol. The maximum Gasteiger partial charge on any atom is 0.434 e. The van der Waals surface area contributed by atoms with Crippen molar-refractivity contribution in [1.29, 1.82) is 0 Å². The highest BCUT2D eigenvalue weighted by Gasteiger charge is 2.33. The first-order valence-electron chi connectivity index (χ1n) is 8.64. The molecule has 0 spiro atoms. The Morgan fingerprint density at radius 2 is 2.00 bits per heavy atom. The van der Waals surface area contributed by atoms with Gasteiger partial charge in [0.15, 0.2) is 11.7 Å². The van der Waals surface area contributed by atoms with Crippen LogP contribution < -0.4 is 16.0 Å². The molecule has 0 bridgehead atoms. The number of alkyl halides is 3. The Balaban J connectivity index is 1.63. The molecule has 146 valence electrons. The van der Waals surface area contributed by atoms with Crippen LogP contribution in [0.2, 0.25) is 0 Å². The first-order valence-corrected chi connectivity index (χ1v) is 9.52. The second kappa shape index (κ2) is 9.75. The summed E-state index contributed by atoms with van der Waals surface area (Å²) in [7, 11) is 1.60. The largest absolute Gasteiger partial charge is 0.434 e. The summed E-state index contributed by atoms with van der Waals surface area (Å²) in [5.74, 6) is 0.522. The summed E-state index contributed by atoms with van der Waals surface area (Å²) in [6.07, 6.45) is 0.748. The number of amides is 1.